The van der Waals surface area contributed by atoms with Crippen molar-refractivity contribution in [1.82, 2.24) is 0 Å². The van der Waals surface area contributed by atoms with Gasteiger partial charge in [-0.2, -0.15) is 0 Å². The van der Waals surface area contributed by atoms with Crippen LogP contribution < -0.4 is 4.90 Å². The molecule has 10 aromatic rings. The number of rotatable bonds is 4. The molecular formula is C53H33NO. The quantitative estimate of drug-likeness (QED) is 0.181. The van der Waals surface area contributed by atoms with E-state index >= 15 is 0 Å². The maximum Gasteiger partial charge on any atom is 0.143 e. The summed E-state index contributed by atoms with van der Waals surface area (Å²) in [5.74, 6) is 0. The van der Waals surface area contributed by atoms with Gasteiger partial charge in [0.15, 0.2) is 0 Å². The van der Waals surface area contributed by atoms with Crippen molar-refractivity contribution in [2.75, 3.05) is 4.90 Å². The van der Waals surface area contributed by atoms with Crippen molar-refractivity contribution in [1.29, 1.82) is 0 Å². The molecule has 0 aliphatic heterocycles. The highest BCUT2D eigenvalue weighted by Gasteiger charge is 2.51. The molecule has 55 heavy (non-hydrogen) atoms. The zero-order valence-electron chi connectivity index (χ0n) is 34.5. The van der Waals surface area contributed by atoms with Gasteiger partial charge in [0.2, 0.25) is 0 Å². The van der Waals surface area contributed by atoms with E-state index in [4.69, 9.17) is 11.3 Å². The van der Waals surface area contributed by atoms with E-state index < -0.39 is 11.5 Å². The summed E-state index contributed by atoms with van der Waals surface area (Å²) in [6.07, 6.45) is 0. The van der Waals surface area contributed by atoms with E-state index in [0.717, 1.165) is 33.2 Å². The minimum atomic E-state index is -0.462. The minimum Gasteiger partial charge on any atom is -0.455 e. The lowest BCUT2D eigenvalue weighted by Crippen LogP contribution is -2.25. The Labute approximate surface area is 326 Å². The van der Waals surface area contributed by atoms with Gasteiger partial charge in [-0.1, -0.05) is 164 Å². The van der Waals surface area contributed by atoms with Gasteiger partial charge in [-0.15, -0.1) is 0 Å². The normalized spacial score (nSPS) is 14.5. The van der Waals surface area contributed by atoms with E-state index in [1.54, 1.807) is 0 Å². The van der Waals surface area contributed by atoms with Crippen LogP contribution in [0, 0.1) is 0 Å². The Kier molecular flexibility index (Phi) is 5.35. The lowest BCUT2D eigenvalue weighted by atomic mass is 9.70. The summed E-state index contributed by atoms with van der Waals surface area (Å²) in [7, 11) is 0. The second-order valence-electron chi connectivity index (χ2n) is 14.4. The number of furan rings is 1. The first-order valence-corrected chi connectivity index (χ1v) is 18.6. The average Bonchev–Trinajstić information content (AvgIpc) is 3.93. The van der Waals surface area contributed by atoms with Crippen molar-refractivity contribution < 1.29 is 11.3 Å². The van der Waals surface area contributed by atoms with Crippen molar-refractivity contribution in [3.8, 4) is 33.4 Å². The molecule has 12 rings (SSSR count). The number of para-hydroxylation sites is 1. The maximum atomic E-state index is 8.92. The molecule has 0 N–H and O–H groups in total. The number of benzene rings is 9. The van der Waals surface area contributed by atoms with Gasteiger partial charge in [-0.3, -0.25) is 0 Å². The van der Waals surface area contributed by atoms with Crippen LogP contribution in [0.5, 0.6) is 0 Å². The van der Waals surface area contributed by atoms with Gasteiger partial charge in [0, 0.05) is 32.9 Å². The fourth-order valence-corrected chi connectivity index (χ4v) is 9.64. The highest BCUT2D eigenvalue weighted by molar-refractivity contribution is 6.22. The second kappa shape index (κ2) is 11.4. The number of hydrogen-bond acceptors (Lipinski definition) is 2. The lowest BCUT2D eigenvalue weighted by Gasteiger charge is -2.31. The molecule has 0 amide bonds. The lowest BCUT2D eigenvalue weighted by molar-refractivity contribution is 0.673. The Bertz CT molecular complexity index is 3390. The molecule has 1 heterocycles. The Morgan fingerprint density at radius 3 is 1.73 bits per heavy atom. The summed E-state index contributed by atoms with van der Waals surface area (Å²) in [5.41, 5.74) is 14.3. The molecule has 0 fully saturated rings. The topological polar surface area (TPSA) is 16.4 Å². The summed E-state index contributed by atoms with van der Waals surface area (Å²) in [4.78, 5) is 2.30. The summed E-state index contributed by atoms with van der Waals surface area (Å²) >= 11 is 0. The van der Waals surface area contributed by atoms with Crippen LogP contribution >= 0.6 is 0 Å². The molecule has 256 valence electrons. The minimum absolute atomic E-state index is 0.144. The fourth-order valence-electron chi connectivity index (χ4n) is 9.64. The summed E-state index contributed by atoms with van der Waals surface area (Å²) in [6, 6.07) is 58.0. The average molecular weight is 705 g/mol. The summed E-state index contributed by atoms with van der Waals surface area (Å²) in [6.45, 7) is 0. The predicted octanol–water partition coefficient (Wildman–Crippen LogP) is 14.2. The molecule has 0 unspecified atom stereocenters. The van der Waals surface area contributed by atoms with Crippen molar-refractivity contribution >= 4 is 49.8 Å². The standard InChI is InChI=1S/C53H33NO/c1-3-16-34(17-4-1)37-25-15-29-50-51(37)44-33-49(41-23-7-8-24-42(41)52(44)55-50)54(35-18-5-2-6-19-35)36-30-31-48-43(32-36)40-22-11-14-28-47(40)53(48)45-26-12-9-20-38(45)39-21-10-13-27-46(39)53/h1-33H/i1D,3D,4D,16D,17D. The Morgan fingerprint density at radius 2 is 1.02 bits per heavy atom. The number of nitrogens with zero attached hydrogens (tertiary/aromatic N) is 1. The predicted molar refractivity (Wildman–Crippen MR) is 228 cm³/mol. The number of hydrogen-bond donors (Lipinski definition) is 0. The third-order valence-corrected chi connectivity index (χ3v) is 11.7. The van der Waals surface area contributed by atoms with E-state index in [9.17, 15) is 0 Å². The van der Waals surface area contributed by atoms with E-state index in [1.165, 1.54) is 44.5 Å². The number of anilines is 3. The monoisotopic (exact) mass is 704 g/mol. The molecule has 0 radical (unpaired) electrons. The molecule has 2 nitrogen and oxygen atoms in total. The van der Waals surface area contributed by atoms with Crippen molar-refractivity contribution in [3.05, 3.63) is 222 Å². The van der Waals surface area contributed by atoms with Crippen LogP contribution in [0.1, 0.15) is 29.1 Å². The molecular weight excluding hydrogens is 667 g/mol. The largest absolute Gasteiger partial charge is 0.455 e. The molecule has 2 heteroatoms. The van der Waals surface area contributed by atoms with Crippen molar-refractivity contribution in [2.45, 2.75) is 5.41 Å². The van der Waals surface area contributed by atoms with Gasteiger partial charge in [0.25, 0.3) is 0 Å². The highest BCUT2D eigenvalue weighted by atomic mass is 16.3. The van der Waals surface area contributed by atoms with Gasteiger partial charge >= 0.3 is 0 Å². The van der Waals surface area contributed by atoms with E-state index in [1.807, 2.05) is 36.4 Å². The summed E-state index contributed by atoms with van der Waals surface area (Å²) in [5, 5.41) is 3.35. The van der Waals surface area contributed by atoms with Gasteiger partial charge in [-0.05, 0) is 92.0 Å². The molecule has 2 aliphatic carbocycles. The Balaban J connectivity index is 1.15. The van der Waals surface area contributed by atoms with Crippen molar-refractivity contribution in [3.63, 3.8) is 0 Å². The van der Waals surface area contributed by atoms with Crippen molar-refractivity contribution in [2.24, 2.45) is 0 Å². The van der Waals surface area contributed by atoms with Gasteiger partial charge in [-0.25, -0.2) is 0 Å². The number of fused-ring (bicyclic) bond motifs is 15. The Morgan fingerprint density at radius 1 is 0.436 bits per heavy atom. The Hall–Kier alpha value is -7.16. The molecule has 1 spiro atoms. The molecule has 9 aromatic carbocycles. The molecule has 2 aliphatic rings. The maximum absolute atomic E-state index is 8.92. The third-order valence-electron chi connectivity index (χ3n) is 11.7. The van der Waals surface area contributed by atoms with Gasteiger partial charge in [0.1, 0.15) is 11.2 Å². The molecule has 0 bridgehead atoms. The van der Waals surface area contributed by atoms with Crippen LogP contribution in [-0.2, 0) is 5.41 Å². The van der Waals surface area contributed by atoms with Crippen LogP contribution in [0.2, 0.25) is 0 Å². The van der Waals surface area contributed by atoms with Gasteiger partial charge < -0.3 is 9.32 Å². The fraction of sp³-hybridized carbons (Fsp3) is 0.0189. The second-order valence-corrected chi connectivity index (χ2v) is 14.4. The van der Waals surface area contributed by atoms with E-state index in [0.29, 0.717) is 22.1 Å². The zero-order chi connectivity index (χ0) is 40.4. The first-order valence-electron chi connectivity index (χ1n) is 21.1. The van der Waals surface area contributed by atoms with Crippen LogP contribution in [0.15, 0.2) is 204 Å². The SMILES string of the molecule is [2H]c1c([2H])c([2H])c(-c2cccc3oc4c5ccccc5c(N(c5ccccc5)c5ccc6c(c5)-c5ccccc5C65c6ccccc6-c6ccccc65)cc4c23)c([2H])c1[2H]. The van der Waals surface area contributed by atoms with Crippen LogP contribution in [-0.4, -0.2) is 0 Å². The molecule has 0 atom stereocenters. The molecule has 0 saturated heterocycles. The van der Waals surface area contributed by atoms with Crippen LogP contribution in [0.3, 0.4) is 0 Å². The van der Waals surface area contributed by atoms with Crippen LogP contribution in [0.25, 0.3) is 66.1 Å². The smallest absolute Gasteiger partial charge is 0.143 e. The first-order chi connectivity index (χ1) is 29.4. The first kappa shape index (κ1) is 25.8. The highest BCUT2D eigenvalue weighted by Crippen LogP contribution is 2.63. The van der Waals surface area contributed by atoms with E-state index in [2.05, 4.69) is 138 Å². The van der Waals surface area contributed by atoms with E-state index in [-0.39, 0.29) is 29.7 Å². The third kappa shape index (κ3) is 4.08. The zero-order valence-corrected chi connectivity index (χ0v) is 29.5. The van der Waals surface area contributed by atoms with Crippen LogP contribution in [0.4, 0.5) is 17.1 Å². The van der Waals surface area contributed by atoms with Gasteiger partial charge in [0.05, 0.1) is 18.0 Å². The molecule has 1 aromatic heterocycles. The summed E-state index contributed by atoms with van der Waals surface area (Å²) < 4.78 is 49.8. The molecule has 0 saturated carbocycles.